The molecule has 4 nitrogen and oxygen atoms in total. The lowest BCUT2D eigenvalue weighted by Gasteiger charge is -2.18. The number of carbonyl (C=O) groups is 1. The smallest absolute Gasteiger partial charge is 0.312 e. The van der Waals surface area contributed by atoms with Crippen LogP contribution in [-0.4, -0.2) is 22.7 Å². The Morgan fingerprint density at radius 3 is 2.82 bits per heavy atom. The van der Waals surface area contributed by atoms with Crippen molar-refractivity contribution in [2.24, 2.45) is 5.92 Å². The minimum absolute atomic E-state index is 0.310. The van der Waals surface area contributed by atoms with Crippen LogP contribution in [0.5, 0.6) is 0 Å². The van der Waals surface area contributed by atoms with Crippen molar-refractivity contribution in [1.29, 1.82) is 0 Å². The zero-order valence-corrected chi connectivity index (χ0v) is 11.4. The molecule has 1 rings (SSSR count). The van der Waals surface area contributed by atoms with Gasteiger partial charge in [0.25, 0.3) is 0 Å². The Labute approximate surface area is 110 Å². The van der Waals surface area contributed by atoms with Crippen LogP contribution in [0, 0.1) is 5.92 Å². The van der Waals surface area contributed by atoms with E-state index in [0.717, 1.165) is 6.42 Å². The van der Waals surface area contributed by atoms with Gasteiger partial charge in [0.15, 0.2) is 0 Å². The van der Waals surface area contributed by atoms with Gasteiger partial charge in [-0.1, -0.05) is 24.9 Å². The minimum Gasteiger partial charge on any atom is -0.466 e. The first-order valence-corrected chi connectivity index (χ1v) is 6.75. The lowest BCUT2D eigenvalue weighted by Crippen LogP contribution is -2.24. The van der Waals surface area contributed by atoms with Crippen LogP contribution in [0.15, 0.2) is 6.20 Å². The molecule has 0 fully saturated rings. The zero-order valence-electron chi connectivity index (χ0n) is 9.85. The average Bonchev–Trinajstić information content (AvgIpc) is 2.72. The highest BCUT2D eigenvalue weighted by molar-refractivity contribution is 7.15. The first kappa shape index (κ1) is 14.4. The van der Waals surface area contributed by atoms with E-state index in [9.17, 15) is 9.90 Å². The van der Waals surface area contributed by atoms with Gasteiger partial charge in [0, 0.05) is 0 Å². The number of halogens is 1. The fourth-order valence-corrected chi connectivity index (χ4v) is 2.52. The average molecular weight is 278 g/mol. The molecule has 0 aliphatic carbocycles. The number of aliphatic hydroxyl groups excluding tert-OH is 1. The Hall–Kier alpha value is -0.650. The first-order chi connectivity index (χ1) is 8.10. The molecule has 1 N–H and O–H groups in total. The van der Waals surface area contributed by atoms with Crippen LogP contribution in [-0.2, 0) is 9.53 Å². The molecule has 96 valence electrons. The van der Waals surface area contributed by atoms with Crippen molar-refractivity contribution in [3.63, 3.8) is 0 Å². The Morgan fingerprint density at radius 1 is 1.65 bits per heavy atom. The molecule has 2 unspecified atom stereocenters. The van der Waals surface area contributed by atoms with Crippen LogP contribution in [0.2, 0.25) is 4.34 Å². The monoisotopic (exact) mass is 277 g/mol. The highest BCUT2D eigenvalue weighted by atomic mass is 35.5. The first-order valence-electron chi connectivity index (χ1n) is 5.56. The summed E-state index contributed by atoms with van der Waals surface area (Å²) in [5, 5.41) is 10.6. The molecule has 2 atom stereocenters. The lowest BCUT2D eigenvalue weighted by atomic mass is 9.97. The van der Waals surface area contributed by atoms with E-state index in [1.807, 2.05) is 6.92 Å². The summed E-state index contributed by atoms with van der Waals surface area (Å²) in [5.74, 6) is -0.949. The fourth-order valence-electron chi connectivity index (χ4n) is 1.54. The molecule has 0 aromatic carbocycles. The van der Waals surface area contributed by atoms with Crippen LogP contribution in [0.4, 0.5) is 0 Å². The van der Waals surface area contributed by atoms with Gasteiger partial charge in [0.2, 0.25) is 0 Å². The summed E-state index contributed by atoms with van der Waals surface area (Å²) in [5.41, 5.74) is 0. The molecular formula is C11H16ClNO3S. The largest absolute Gasteiger partial charge is 0.466 e. The van der Waals surface area contributed by atoms with Crippen LogP contribution < -0.4 is 0 Å². The van der Waals surface area contributed by atoms with Gasteiger partial charge in [-0.05, 0) is 13.3 Å². The van der Waals surface area contributed by atoms with Gasteiger partial charge in [-0.2, -0.15) is 0 Å². The summed E-state index contributed by atoms with van der Waals surface area (Å²) in [6.45, 7) is 4.01. The van der Waals surface area contributed by atoms with E-state index in [2.05, 4.69) is 4.98 Å². The second kappa shape index (κ2) is 6.93. The lowest BCUT2D eigenvalue weighted by molar-refractivity contribution is -0.152. The van der Waals surface area contributed by atoms with E-state index in [4.69, 9.17) is 16.3 Å². The predicted molar refractivity (Wildman–Crippen MR) is 67.1 cm³/mol. The van der Waals surface area contributed by atoms with Crippen molar-refractivity contribution in [2.45, 2.75) is 32.8 Å². The number of rotatable bonds is 6. The molecule has 0 spiro atoms. The Morgan fingerprint density at radius 2 is 2.35 bits per heavy atom. The van der Waals surface area contributed by atoms with E-state index in [1.54, 1.807) is 6.92 Å². The maximum Gasteiger partial charge on any atom is 0.312 e. The molecule has 1 aromatic heterocycles. The molecule has 0 aliphatic rings. The standard InChI is InChI=1S/C11H16ClNO3S/c1-3-5-7(11(15)16-4-2)9(14)10-13-6-8(12)17-10/h6-7,9,14H,3-5H2,1-2H3. The number of hydrogen-bond acceptors (Lipinski definition) is 5. The molecule has 17 heavy (non-hydrogen) atoms. The molecule has 0 radical (unpaired) electrons. The number of thiazole rings is 1. The van der Waals surface area contributed by atoms with E-state index < -0.39 is 12.0 Å². The molecule has 6 heteroatoms. The van der Waals surface area contributed by atoms with Crippen LogP contribution in [0.3, 0.4) is 0 Å². The summed E-state index contributed by atoms with van der Waals surface area (Å²) >= 11 is 6.94. The van der Waals surface area contributed by atoms with Crippen molar-refractivity contribution in [3.05, 3.63) is 15.5 Å². The van der Waals surface area contributed by atoms with Gasteiger partial charge < -0.3 is 9.84 Å². The van der Waals surface area contributed by atoms with E-state index >= 15 is 0 Å². The van der Waals surface area contributed by atoms with Gasteiger partial charge >= 0.3 is 5.97 Å². The van der Waals surface area contributed by atoms with Gasteiger partial charge in [-0.25, -0.2) is 4.98 Å². The normalized spacial score (nSPS) is 14.4. The summed E-state index contributed by atoms with van der Waals surface area (Å²) in [6, 6.07) is 0. The van der Waals surface area contributed by atoms with Crippen molar-refractivity contribution < 1.29 is 14.6 Å². The molecule has 1 aromatic rings. The molecule has 0 aliphatic heterocycles. The number of ether oxygens (including phenoxy) is 1. The number of hydrogen-bond donors (Lipinski definition) is 1. The number of carbonyl (C=O) groups excluding carboxylic acids is 1. The third-order valence-corrected chi connectivity index (χ3v) is 3.50. The van der Waals surface area contributed by atoms with Crippen molar-refractivity contribution in [2.75, 3.05) is 6.61 Å². The Bertz CT molecular complexity index is 369. The van der Waals surface area contributed by atoms with Crippen LogP contribution in [0.1, 0.15) is 37.8 Å². The van der Waals surface area contributed by atoms with E-state index in [-0.39, 0.29) is 5.97 Å². The molecule has 1 heterocycles. The minimum atomic E-state index is -0.938. The maximum atomic E-state index is 11.7. The number of esters is 1. The van der Waals surface area contributed by atoms with Gasteiger partial charge in [-0.15, -0.1) is 11.3 Å². The fraction of sp³-hybridized carbons (Fsp3) is 0.636. The van der Waals surface area contributed by atoms with Gasteiger partial charge in [0.1, 0.15) is 15.4 Å². The quantitative estimate of drug-likeness (QED) is 0.813. The third-order valence-electron chi connectivity index (χ3n) is 2.32. The summed E-state index contributed by atoms with van der Waals surface area (Å²) in [4.78, 5) is 15.7. The number of aromatic nitrogens is 1. The second-order valence-electron chi connectivity index (χ2n) is 3.59. The van der Waals surface area contributed by atoms with E-state index in [1.165, 1.54) is 17.5 Å². The third kappa shape index (κ3) is 3.94. The van der Waals surface area contributed by atoms with Gasteiger partial charge in [-0.3, -0.25) is 4.79 Å². The zero-order chi connectivity index (χ0) is 12.8. The topological polar surface area (TPSA) is 59.4 Å². The highest BCUT2D eigenvalue weighted by Crippen LogP contribution is 2.31. The summed E-state index contributed by atoms with van der Waals surface area (Å²) in [6.07, 6.45) is 1.89. The molecule has 0 saturated heterocycles. The van der Waals surface area contributed by atoms with Gasteiger partial charge in [0.05, 0.1) is 18.7 Å². The van der Waals surface area contributed by atoms with Crippen LogP contribution >= 0.6 is 22.9 Å². The highest BCUT2D eigenvalue weighted by Gasteiger charge is 2.30. The number of nitrogens with zero attached hydrogens (tertiary/aromatic N) is 1. The maximum absolute atomic E-state index is 11.7. The van der Waals surface area contributed by atoms with E-state index in [0.29, 0.717) is 22.4 Å². The number of aliphatic hydroxyl groups is 1. The molecule has 0 amide bonds. The molecule has 0 saturated carbocycles. The molecule has 0 bridgehead atoms. The second-order valence-corrected chi connectivity index (χ2v) is 5.29. The van der Waals surface area contributed by atoms with Crippen LogP contribution in [0.25, 0.3) is 0 Å². The summed E-state index contributed by atoms with van der Waals surface area (Å²) < 4.78 is 5.45. The Kier molecular flexibility index (Phi) is 5.88. The summed E-state index contributed by atoms with van der Waals surface area (Å²) in [7, 11) is 0. The Balaban J connectivity index is 2.79. The van der Waals surface area contributed by atoms with Crippen molar-refractivity contribution in [3.8, 4) is 0 Å². The van der Waals surface area contributed by atoms with Crippen molar-refractivity contribution in [1.82, 2.24) is 4.98 Å². The van der Waals surface area contributed by atoms with Crippen molar-refractivity contribution >= 4 is 28.9 Å². The SMILES string of the molecule is CCCC(C(=O)OCC)C(O)c1ncc(Cl)s1. The predicted octanol–water partition coefficient (Wildman–Crippen LogP) is 2.81. The molecular weight excluding hydrogens is 262 g/mol.